The SMILES string of the molecule is COc1ccc(/C=C(\C#N)C(=O)N[C@@H](C)c2ccccc2)cc1C. The van der Waals surface area contributed by atoms with Crippen molar-refractivity contribution in [1.82, 2.24) is 5.32 Å². The molecule has 0 aliphatic rings. The Balaban J connectivity index is 2.17. The minimum Gasteiger partial charge on any atom is -0.496 e. The zero-order valence-corrected chi connectivity index (χ0v) is 14.0. The predicted molar refractivity (Wildman–Crippen MR) is 94.3 cm³/mol. The van der Waals surface area contributed by atoms with Crippen molar-refractivity contribution in [3.63, 3.8) is 0 Å². The highest BCUT2D eigenvalue weighted by atomic mass is 16.5. The second-order valence-electron chi connectivity index (χ2n) is 5.50. The first-order valence-electron chi connectivity index (χ1n) is 7.67. The Morgan fingerprint density at radius 2 is 1.96 bits per heavy atom. The Morgan fingerprint density at radius 3 is 2.54 bits per heavy atom. The van der Waals surface area contributed by atoms with Crippen LogP contribution in [0, 0.1) is 18.3 Å². The average Bonchev–Trinajstić information content (AvgIpc) is 2.60. The van der Waals surface area contributed by atoms with Gasteiger partial charge < -0.3 is 10.1 Å². The maximum Gasteiger partial charge on any atom is 0.262 e. The quantitative estimate of drug-likeness (QED) is 0.673. The van der Waals surface area contributed by atoms with E-state index in [1.165, 1.54) is 0 Å². The molecule has 122 valence electrons. The second-order valence-corrected chi connectivity index (χ2v) is 5.50. The van der Waals surface area contributed by atoms with Crippen molar-refractivity contribution in [2.24, 2.45) is 0 Å². The summed E-state index contributed by atoms with van der Waals surface area (Å²) < 4.78 is 5.22. The average molecular weight is 320 g/mol. The molecule has 0 bridgehead atoms. The van der Waals surface area contributed by atoms with Gasteiger partial charge in [0, 0.05) is 0 Å². The Morgan fingerprint density at radius 1 is 1.25 bits per heavy atom. The molecule has 0 unspecified atom stereocenters. The number of amides is 1. The third-order valence-electron chi connectivity index (χ3n) is 3.74. The smallest absolute Gasteiger partial charge is 0.262 e. The van der Waals surface area contributed by atoms with Gasteiger partial charge in [0.25, 0.3) is 5.91 Å². The molecule has 0 saturated carbocycles. The van der Waals surface area contributed by atoms with E-state index in [9.17, 15) is 10.1 Å². The van der Waals surface area contributed by atoms with E-state index in [2.05, 4.69) is 5.32 Å². The monoisotopic (exact) mass is 320 g/mol. The van der Waals surface area contributed by atoms with Crippen LogP contribution in [0.2, 0.25) is 0 Å². The van der Waals surface area contributed by atoms with Gasteiger partial charge in [-0.25, -0.2) is 0 Å². The molecule has 0 spiro atoms. The number of nitrogens with zero attached hydrogens (tertiary/aromatic N) is 1. The van der Waals surface area contributed by atoms with Crippen LogP contribution in [0.25, 0.3) is 6.08 Å². The van der Waals surface area contributed by atoms with E-state index in [0.717, 1.165) is 22.4 Å². The van der Waals surface area contributed by atoms with Crippen LogP contribution in [-0.4, -0.2) is 13.0 Å². The van der Waals surface area contributed by atoms with Gasteiger partial charge in [-0.15, -0.1) is 0 Å². The molecule has 4 nitrogen and oxygen atoms in total. The molecular weight excluding hydrogens is 300 g/mol. The molecule has 1 N–H and O–H groups in total. The topological polar surface area (TPSA) is 62.1 Å². The highest BCUT2D eigenvalue weighted by Crippen LogP contribution is 2.20. The highest BCUT2D eigenvalue weighted by Gasteiger charge is 2.13. The molecule has 0 fully saturated rings. The first-order chi connectivity index (χ1) is 11.5. The van der Waals surface area contributed by atoms with Gasteiger partial charge >= 0.3 is 0 Å². The molecule has 0 aromatic heterocycles. The van der Waals surface area contributed by atoms with Crippen molar-refractivity contribution in [1.29, 1.82) is 5.26 Å². The lowest BCUT2D eigenvalue weighted by Gasteiger charge is -2.13. The molecule has 1 amide bonds. The molecule has 0 saturated heterocycles. The molecular formula is C20H20N2O2. The molecule has 2 rings (SSSR count). The van der Waals surface area contributed by atoms with E-state index < -0.39 is 0 Å². The Hall–Kier alpha value is -3.06. The Labute approximate surface area is 142 Å². The normalized spacial score (nSPS) is 12.2. The Kier molecular flexibility index (Phi) is 5.75. The van der Waals surface area contributed by atoms with Crippen LogP contribution in [0.3, 0.4) is 0 Å². The summed E-state index contributed by atoms with van der Waals surface area (Å²) in [7, 11) is 1.61. The number of aryl methyl sites for hydroxylation is 1. The lowest BCUT2D eigenvalue weighted by atomic mass is 10.1. The van der Waals surface area contributed by atoms with E-state index in [1.54, 1.807) is 13.2 Å². The third-order valence-corrected chi connectivity index (χ3v) is 3.74. The zero-order chi connectivity index (χ0) is 17.5. The van der Waals surface area contributed by atoms with E-state index in [-0.39, 0.29) is 17.5 Å². The maximum absolute atomic E-state index is 12.3. The molecule has 2 aromatic rings. The summed E-state index contributed by atoms with van der Waals surface area (Å²) in [5.41, 5.74) is 2.79. The number of hydrogen-bond acceptors (Lipinski definition) is 3. The summed E-state index contributed by atoms with van der Waals surface area (Å²) in [4.78, 5) is 12.3. The first-order valence-corrected chi connectivity index (χ1v) is 7.67. The number of benzene rings is 2. The first kappa shape index (κ1) is 17.3. The van der Waals surface area contributed by atoms with Crippen LogP contribution in [0.5, 0.6) is 5.75 Å². The van der Waals surface area contributed by atoms with Gasteiger partial charge in [-0.05, 0) is 48.7 Å². The number of nitriles is 1. The lowest BCUT2D eigenvalue weighted by Crippen LogP contribution is -2.27. The van der Waals surface area contributed by atoms with Crippen LogP contribution in [0.4, 0.5) is 0 Å². The van der Waals surface area contributed by atoms with Gasteiger partial charge in [0.1, 0.15) is 17.4 Å². The van der Waals surface area contributed by atoms with Gasteiger partial charge in [0.15, 0.2) is 0 Å². The fourth-order valence-corrected chi connectivity index (χ4v) is 2.41. The summed E-state index contributed by atoms with van der Waals surface area (Å²) in [5, 5.41) is 12.2. The van der Waals surface area contributed by atoms with Gasteiger partial charge in [-0.1, -0.05) is 36.4 Å². The maximum atomic E-state index is 12.3. The molecule has 0 heterocycles. The fourth-order valence-electron chi connectivity index (χ4n) is 2.41. The minimum absolute atomic E-state index is 0.0716. The van der Waals surface area contributed by atoms with Gasteiger partial charge in [0.05, 0.1) is 13.2 Å². The van der Waals surface area contributed by atoms with Crippen LogP contribution in [0.15, 0.2) is 54.1 Å². The van der Waals surface area contributed by atoms with Crippen molar-refractivity contribution in [3.8, 4) is 11.8 Å². The highest BCUT2D eigenvalue weighted by molar-refractivity contribution is 6.01. The van der Waals surface area contributed by atoms with E-state index in [0.29, 0.717) is 0 Å². The molecule has 0 aliphatic heterocycles. The van der Waals surface area contributed by atoms with E-state index >= 15 is 0 Å². The number of ether oxygens (including phenoxy) is 1. The number of nitrogens with one attached hydrogen (secondary N) is 1. The molecule has 24 heavy (non-hydrogen) atoms. The van der Waals surface area contributed by atoms with Crippen molar-refractivity contribution < 1.29 is 9.53 Å². The van der Waals surface area contributed by atoms with E-state index in [1.807, 2.05) is 68.4 Å². The summed E-state index contributed by atoms with van der Waals surface area (Å²) in [5.74, 6) is 0.384. The summed E-state index contributed by atoms with van der Waals surface area (Å²) in [6.45, 7) is 3.81. The number of carbonyl (C=O) groups is 1. The van der Waals surface area contributed by atoms with Gasteiger partial charge in [0.2, 0.25) is 0 Å². The molecule has 0 radical (unpaired) electrons. The third kappa shape index (κ3) is 4.23. The molecule has 0 aliphatic carbocycles. The van der Waals surface area contributed by atoms with Crippen molar-refractivity contribution in [2.45, 2.75) is 19.9 Å². The standard InChI is InChI=1S/C20H20N2O2/c1-14-11-16(9-10-19(14)24-3)12-18(13-21)20(23)22-15(2)17-7-5-4-6-8-17/h4-12,15H,1-3H3,(H,22,23)/b18-12+/t15-/m0/s1. The summed E-state index contributed by atoms with van der Waals surface area (Å²) in [6.07, 6.45) is 1.58. The lowest BCUT2D eigenvalue weighted by molar-refractivity contribution is -0.117. The van der Waals surface area contributed by atoms with Crippen LogP contribution in [-0.2, 0) is 4.79 Å². The Bertz CT molecular complexity index is 789. The number of carbonyl (C=O) groups excluding carboxylic acids is 1. The summed E-state index contributed by atoms with van der Waals surface area (Å²) >= 11 is 0. The minimum atomic E-state index is -0.387. The van der Waals surface area contributed by atoms with E-state index in [4.69, 9.17) is 4.74 Å². The largest absolute Gasteiger partial charge is 0.496 e. The number of hydrogen-bond donors (Lipinski definition) is 1. The molecule has 4 heteroatoms. The molecule has 1 atom stereocenters. The zero-order valence-electron chi connectivity index (χ0n) is 14.0. The fraction of sp³-hybridized carbons (Fsp3) is 0.200. The van der Waals surface area contributed by atoms with Crippen LogP contribution < -0.4 is 10.1 Å². The van der Waals surface area contributed by atoms with Crippen molar-refractivity contribution in [3.05, 3.63) is 70.8 Å². The van der Waals surface area contributed by atoms with Gasteiger partial charge in [-0.2, -0.15) is 5.26 Å². The summed E-state index contributed by atoms with van der Waals surface area (Å²) in [6, 6.07) is 16.9. The molecule has 2 aromatic carbocycles. The predicted octanol–water partition coefficient (Wildman–Crippen LogP) is 3.79. The van der Waals surface area contributed by atoms with Gasteiger partial charge in [-0.3, -0.25) is 4.79 Å². The van der Waals surface area contributed by atoms with Crippen LogP contribution in [0.1, 0.15) is 29.7 Å². The second kappa shape index (κ2) is 7.98. The number of methoxy groups -OCH3 is 1. The van der Waals surface area contributed by atoms with Crippen LogP contribution >= 0.6 is 0 Å². The van der Waals surface area contributed by atoms with Crippen molar-refractivity contribution >= 4 is 12.0 Å². The number of rotatable bonds is 5. The van der Waals surface area contributed by atoms with Crippen molar-refractivity contribution in [2.75, 3.05) is 7.11 Å².